The van der Waals surface area contributed by atoms with E-state index in [-0.39, 0.29) is 11.7 Å². The quantitative estimate of drug-likeness (QED) is 0.303. The van der Waals surface area contributed by atoms with E-state index in [1.165, 1.54) is 18.3 Å². The molecule has 1 amide bonds. The highest BCUT2D eigenvalue weighted by Crippen LogP contribution is 2.33. The second-order valence-electron chi connectivity index (χ2n) is 8.19. The fourth-order valence-corrected chi connectivity index (χ4v) is 4.09. The van der Waals surface area contributed by atoms with Gasteiger partial charge in [-0.15, -0.1) is 0 Å². The van der Waals surface area contributed by atoms with Crippen LogP contribution in [0.2, 0.25) is 0 Å². The number of fused-ring (bicyclic) bond motifs is 1. The van der Waals surface area contributed by atoms with Gasteiger partial charge in [0.15, 0.2) is 0 Å². The number of rotatable bonds is 8. The molecule has 0 spiro atoms. The summed E-state index contributed by atoms with van der Waals surface area (Å²) in [6, 6.07) is 20.7. The number of methoxy groups -OCH3 is 1. The van der Waals surface area contributed by atoms with Crippen molar-refractivity contribution in [3.63, 3.8) is 0 Å². The van der Waals surface area contributed by atoms with E-state index in [1.54, 1.807) is 36.2 Å². The van der Waals surface area contributed by atoms with Crippen LogP contribution in [0.5, 0.6) is 11.5 Å². The number of nitrogens with zero attached hydrogens (tertiary/aromatic N) is 3. The van der Waals surface area contributed by atoms with Gasteiger partial charge in [0.1, 0.15) is 23.0 Å². The summed E-state index contributed by atoms with van der Waals surface area (Å²) < 4.78 is 27.0. The zero-order valence-electron chi connectivity index (χ0n) is 19.7. The summed E-state index contributed by atoms with van der Waals surface area (Å²) in [5.41, 5.74) is 1.41. The fourth-order valence-electron chi connectivity index (χ4n) is 4.09. The van der Waals surface area contributed by atoms with Gasteiger partial charge in [0.2, 0.25) is 5.72 Å². The summed E-state index contributed by atoms with van der Waals surface area (Å²) in [5, 5.41) is 14.9. The first-order chi connectivity index (χ1) is 17.5. The Kier molecular flexibility index (Phi) is 6.12. The SMILES string of the molecule is CC[C@@](NC(=O)c1ccn[nH]1)(Oc1ccc2c(cnn2-c2ccc(F)cc2)c1)c1cccc(OC)c1. The lowest BCUT2D eigenvalue weighted by Crippen LogP contribution is -2.50. The number of ether oxygens (including phenoxy) is 2. The van der Waals surface area contributed by atoms with E-state index in [4.69, 9.17) is 9.47 Å². The second-order valence-corrected chi connectivity index (χ2v) is 8.19. The van der Waals surface area contributed by atoms with E-state index < -0.39 is 5.72 Å². The van der Waals surface area contributed by atoms with Crippen LogP contribution in [0.3, 0.4) is 0 Å². The van der Waals surface area contributed by atoms with Crippen LogP contribution >= 0.6 is 0 Å². The second kappa shape index (κ2) is 9.53. The molecule has 0 bridgehead atoms. The highest BCUT2D eigenvalue weighted by molar-refractivity contribution is 5.92. The third-order valence-corrected chi connectivity index (χ3v) is 6.00. The molecule has 2 heterocycles. The van der Waals surface area contributed by atoms with Gasteiger partial charge in [-0.25, -0.2) is 9.07 Å². The van der Waals surface area contributed by atoms with Crippen LogP contribution in [0, 0.1) is 5.82 Å². The van der Waals surface area contributed by atoms with Crippen molar-refractivity contribution in [2.75, 3.05) is 7.11 Å². The minimum absolute atomic E-state index is 0.309. The number of aromatic amines is 1. The molecule has 36 heavy (non-hydrogen) atoms. The van der Waals surface area contributed by atoms with Crippen LogP contribution < -0.4 is 14.8 Å². The Morgan fingerprint density at radius 2 is 1.92 bits per heavy atom. The molecule has 0 aliphatic heterocycles. The van der Waals surface area contributed by atoms with E-state index in [0.29, 0.717) is 23.6 Å². The van der Waals surface area contributed by atoms with E-state index in [1.807, 2.05) is 49.4 Å². The normalized spacial score (nSPS) is 12.8. The summed E-state index contributed by atoms with van der Waals surface area (Å²) in [6.07, 6.45) is 3.66. The summed E-state index contributed by atoms with van der Waals surface area (Å²) in [4.78, 5) is 13.1. The molecule has 1 atom stereocenters. The molecule has 0 fully saturated rings. The monoisotopic (exact) mass is 485 g/mol. The highest BCUT2D eigenvalue weighted by atomic mass is 19.1. The number of hydrogen-bond donors (Lipinski definition) is 2. The minimum Gasteiger partial charge on any atom is -0.497 e. The number of amides is 1. The van der Waals surface area contributed by atoms with Crippen molar-refractivity contribution in [1.29, 1.82) is 0 Å². The Morgan fingerprint density at radius 1 is 1.08 bits per heavy atom. The zero-order valence-corrected chi connectivity index (χ0v) is 19.7. The first-order valence-corrected chi connectivity index (χ1v) is 11.4. The maximum atomic E-state index is 13.4. The van der Waals surface area contributed by atoms with Gasteiger partial charge in [0, 0.05) is 23.6 Å². The Bertz CT molecular complexity index is 1500. The molecule has 8 nitrogen and oxygen atoms in total. The van der Waals surface area contributed by atoms with Gasteiger partial charge in [0.25, 0.3) is 5.91 Å². The minimum atomic E-state index is -1.20. The average Bonchev–Trinajstić information content (AvgIpc) is 3.59. The number of H-pyrrole nitrogens is 1. The molecular weight excluding hydrogens is 461 g/mol. The molecule has 0 saturated heterocycles. The molecule has 2 N–H and O–H groups in total. The van der Waals surface area contributed by atoms with Gasteiger partial charge in [-0.05, 0) is 60.7 Å². The van der Waals surface area contributed by atoms with Crippen LogP contribution in [0.15, 0.2) is 85.2 Å². The largest absolute Gasteiger partial charge is 0.497 e. The maximum Gasteiger partial charge on any atom is 0.272 e. The molecule has 0 aliphatic carbocycles. The zero-order chi connectivity index (χ0) is 25.1. The van der Waals surface area contributed by atoms with Gasteiger partial charge >= 0.3 is 0 Å². The van der Waals surface area contributed by atoms with Crippen molar-refractivity contribution in [3.8, 4) is 17.2 Å². The molecule has 0 radical (unpaired) electrons. The summed E-state index contributed by atoms with van der Waals surface area (Å²) >= 11 is 0. The van der Waals surface area contributed by atoms with Crippen molar-refractivity contribution in [2.45, 2.75) is 19.1 Å². The van der Waals surface area contributed by atoms with E-state index in [2.05, 4.69) is 20.6 Å². The Morgan fingerprint density at radius 3 is 2.64 bits per heavy atom. The number of benzene rings is 3. The van der Waals surface area contributed by atoms with Crippen molar-refractivity contribution in [3.05, 3.63) is 102 Å². The Labute approximate surface area is 206 Å². The number of hydrogen-bond acceptors (Lipinski definition) is 5. The number of carbonyl (C=O) groups is 1. The molecular formula is C27H24FN5O3. The molecule has 9 heteroatoms. The molecule has 182 valence electrons. The Balaban J connectivity index is 1.53. The lowest BCUT2D eigenvalue weighted by atomic mass is 9.98. The van der Waals surface area contributed by atoms with Gasteiger partial charge in [0.05, 0.1) is 24.5 Å². The maximum absolute atomic E-state index is 13.4. The van der Waals surface area contributed by atoms with Crippen LogP contribution in [0.1, 0.15) is 29.4 Å². The number of carbonyl (C=O) groups excluding carboxylic acids is 1. The average molecular weight is 486 g/mol. The number of halogens is 1. The number of nitrogens with one attached hydrogen (secondary N) is 2. The molecule has 0 unspecified atom stereocenters. The molecule has 2 aromatic heterocycles. The van der Waals surface area contributed by atoms with Gasteiger partial charge < -0.3 is 14.8 Å². The smallest absolute Gasteiger partial charge is 0.272 e. The van der Waals surface area contributed by atoms with Crippen molar-refractivity contribution < 1.29 is 18.7 Å². The van der Waals surface area contributed by atoms with Crippen molar-refractivity contribution in [2.24, 2.45) is 0 Å². The lowest BCUT2D eigenvalue weighted by molar-refractivity contribution is 0.0226. The third kappa shape index (κ3) is 4.38. The predicted molar refractivity (Wildman–Crippen MR) is 133 cm³/mol. The first-order valence-electron chi connectivity index (χ1n) is 11.4. The van der Waals surface area contributed by atoms with Crippen LogP contribution in [-0.4, -0.2) is 33.0 Å². The van der Waals surface area contributed by atoms with Gasteiger partial charge in [-0.2, -0.15) is 10.2 Å². The summed E-state index contributed by atoms with van der Waals surface area (Å²) in [5.74, 6) is 0.510. The fraction of sp³-hybridized carbons (Fsp3) is 0.148. The highest BCUT2D eigenvalue weighted by Gasteiger charge is 2.36. The van der Waals surface area contributed by atoms with Gasteiger partial charge in [-0.1, -0.05) is 19.1 Å². The van der Waals surface area contributed by atoms with Crippen molar-refractivity contribution >= 4 is 16.8 Å². The molecule has 5 aromatic rings. The molecule has 3 aromatic carbocycles. The summed E-state index contributed by atoms with van der Waals surface area (Å²) in [7, 11) is 1.59. The predicted octanol–water partition coefficient (Wildman–Crippen LogP) is 4.97. The molecule has 0 aliphatic rings. The molecule has 0 saturated carbocycles. The third-order valence-electron chi connectivity index (χ3n) is 6.00. The standard InChI is InChI=1S/C27H24FN5O3/c1-3-27(19-5-4-6-22(16-19)35-2,31-26(34)24-13-14-29-32-24)36-23-11-12-25-18(15-23)17-30-33(25)21-9-7-20(28)8-10-21/h4-17H,3H2,1-2H3,(H,29,32)(H,31,34)/t27-/m1/s1. The first kappa shape index (κ1) is 23.1. The number of aromatic nitrogens is 4. The lowest BCUT2D eigenvalue weighted by Gasteiger charge is -2.35. The topological polar surface area (TPSA) is 94.1 Å². The van der Waals surface area contributed by atoms with E-state index in [0.717, 1.165) is 22.2 Å². The summed E-state index contributed by atoms with van der Waals surface area (Å²) in [6.45, 7) is 1.93. The Hall–Kier alpha value is -4.66. The van der Waals surface area contributed by atoms with Crippen LogP contribution in [0.4, 0.5) is 4.39 Å². The van der Waals surface area contributed by atoms with E-state index in [9.17, 15) is 9.18 Å². The van der Waals surface area contributed by atoms with Crippen molar-refractivity contribution in [1.82, 2.24) is 25.3 Å². The van der Waals surface area contributed by atoms with Crippen LogP contribution in [-0.2, 0) is 5.72 Å². The van der Waals surface area contributed by atoms with E-state index >= 15 is 0 Å². The molecule has 5 rings (SSSR count). The van der Waals surface area contributed by atoms with Gasteiger partial charge in [-0.3, -0.25) is 9.89 Å². The van der Waals surface area contributed by atoms with Crippen LogP contribution in [0.25, 0.3) is 16.6 Å².